The van der Waals surface area contributed by atoms with Gasteiger partial charge in [-0.2, -0.15) is 0 Å². The van der Waals surface area contributed by atoms with E-state index >= 15 is 0 Å². The van der Waals surface area contributed by atoms with Gasteiger partial charge in [-0.1, -0.05) is 0 Å². The molecule has 22 heavy (non-hydrogen) atoms. The molecule has 1 unspecified atom stereocenters. The minimum absolute atomic E-state index is 0.0887. The van der Waals surface area contributed by atoms with E-state index < -0.39 is 35.1 Å². The standard InChI is InChI=1S/C15H20F2N2O3/c1-15(2,3)22-14(21)19-5-4-18-12(8-19)10-6-9(16)7-11(17)13(10)20/h6-7,12,18,20H,4-5,8H2,1-3H3. The Morgan fingerprint density at radius 3 is 2.73 bits per heavy atom. The fraction of sp³-hybridized carbons (Fsp3) is 0.533. The molecule has 1 aliphatic rings. The molecule has 0 aliphatic carbocycles. The number of nitrogens with one attached hydrogen (secondary N) is 1. The lowest BCUT2D eigenvalue weighted by atomic mass is 10.0. The minimum atomic E-state index is -1.02. The molecule has 0 bridgehead atoms. The number of phenols is 1. The molecule has 7 heteroatoms. The molecule has 0 aromatic heterocycles. The zero-order valence-electron chi connectivity index (χ0n) is 12.8. The fourth-order valence-electron chi connectivity index (χ4n) is 2.30. The van der Waals surface area contributed by atoms with Crippen molar-refractivity contribution >= 4 is 6.09 Å². The molecule has 1 atom stereocenters. The van der Waals surface area contributed by atoms with Gasteiger partial charge >= 0.3 is 6.09 Å². The van der Waals surface area contributed by atoms with Crippen LogP contribution in [0.1, 0.15) is 32.4 Å². The summed E-state index contributed by atoms with van der Waals surface area (Å²) >= 11 is 0. The van der Waals surface area contributed by atoms with Crippen LogP contribution in [0.3, 0.4) is 0 Å². The smallest absolute Gasteiger partial charge is 0.410 e. The Morgan fingerprint density at radius 1 is 1.41 bits per heavy atom. The molecule has 1 heterocycles. The van der Waals surface area contributed by atoms with E-state index in [-0.39, 0.29) is 12.1 Å². The molecule has 1 amide bonds. The van der Waals surface area contributed by atoms with Crippen LogP contribution in [0.25, 0.3) is 0 Å². The topological polar surface area (TPSA) is 61.8 Å². The number of piperazine rings is 1. The van der Waals surface area contributed by atoms with Gasteiger partial charge in [-0.3, -0.25) is 0 Å². The van der Waals surface area contributed by atoms with Crippen LogP contribution in [0.4, 0.5) is 13.6 Å². The molecule has 0 radical (unpaired) electrons. The second kappa shape index (κ2) is 6.08. The monoisotopic (exact) mass is 314 g/mol. The predicted molar refractivity (Wildman–Crippen MR) is 76.6 cm³/mol. The Bertz CT molecular complexity index is 573. The van der Waals surface area contributed by atoms with E-state index in [0.29, 0.717) is 19.2 Å². The summed E-state index contributed by atoms with van der Waals surface area (Å²) in [6.07, 6.45) is -0.490. The number of aromatic hydroxyl groups is 1. The van der Waals surface area contributed by atoms with Crippen LogP contribution in [-0.4, -0.2) is 41.3 Å². The Labute approximate surface area is 127 Å². The van der Waals surface area contributed by atoms with Crippen LogP contribution in [0.15, 0.2) is 12.1 Å². The highest BCUT2D eigenvalue weighted by molar-refractivity contribution is 5.68. The molecular formula is C15H20F2N2O3. The number of rotatable bonds is 1. The van der Waals surface area contributed by atoms with Crippen molar-refractivity contribution in [1.29, 1.82) is 0 Å². The maximum Gasteiger partial charge on any atom is 0.410 e. The van der Waals surface area contributed by atoms with Crippen molar-refractivity contribution in [1.82, 2.24) is 10.2 Å². The highest BCUT2D eigenvalue weighted by Gasteiger charge is 2.30. The van der Waals surface area contributed by atoms with Gasteiger partial charge in [0.05, 0.1) is 6.04 Å². The largest absolute Gasteiger partial charge is 0.505 e. The lowest BCUT2D eigenvalue weighted by Crippen LogP contribution is -2.49. The third kappa shape index (κ3) is 3.85. The Hall–Kier alpha value is -1.89. The summed E-state index contributed by atoms with van der Waals surface area (Å²) in [7, 11) is 0. The molecule has 0 spiro atoms. The Morgan fingerprint density at radius 2 is 2.09 bits per heavy atom. The number of amides is 1. The van der Waals surface area contributed by atoms with Crippen LogP contribution in [0.2, 0.25) is 0 Å². The van der Waals surface area contributed by atoms with E-state index in [1.807, 2.05) is 0 Å². The number of phenolic OH excluding ortho intramolecular Hbond substituents is 1. The third-order valence-corrected chi connectivity index (χ3v) is 3.26. The lowest BCUT2D eigenvalue weighted by molar-refractivity contribution is 0.0194. The van der Waals surface area contributed by atoms with E-state index in [9.17, 15) is 18.7 Å². The number of nitrogens with zero attached hydrogens (tertiary/aromatic N) is 1. The SMILES string of the molecule is CC(C)(C)OC(=O)N1CCNC(c2cc(F)cc(F)c2O)C1. The van der Waals surface area contributed by atoms with Crippen LogP contribution < -0.4 is 5.32 Å². The molecule has 5 nitrogen and oxygen atoms in total. The van der Waals surface area contributed by atoms with Crippen molar-refractivity contribution in [3.8, 4) is 5.75 Å². The second-order valence-electron chi connectivity index (χ2n) is 6.26. The van der Waals surface area contributed by atoms with Crippen LogP contribution in [-0.2, 0) is 4.74 Å². The molecule has 1 aliphatic heterocycles. The van der Waals surface area contributed by atoms with Crippen molar-refractivity contribution < 1.29 is 23.4 Å². The number of hydrogen-bond acceptors (Lipinski definition) is 4. The molecular weight excluding hydrogens is 294 g/mol. The van der Waals surface area contributed by atoms with Crippen LogP contribution in [0, 0.1) is 11.6 Å². The molecule has 1 saturated heterocycles. The first-order chi connectivity index (χ1) is 10.2. The summed E-state index contributed by atoms with van der Waals surface area (Å²) < 4.78 is 32.1. The van der Waals surface area contributed by atoms with Crippen molar-refractivity contribution in [3.05, 3.63) is 29.3 Å². The molecule has 122 valence electrons. The number of halogens is 2. The molecule has 1 fully saturated rings. The first-order valence-electron chi connectivity index (χ1n) is 7.06. The van der Waals surface area contributed by atoms with Gasteiger partial charge in [-0.15, -0.1) is 0 Å². The quantitative estimate of drug-likeness (QED) is 0.836. The number of hydrogen-bond donors (Lipinski definition) is 2. The average molecular weight is 314 g/mol. The van der Waals surface area contributed by atoms with Gasteiger partial charge in [0.2, 0.25) is 0 Å². The molecule has 0 saturated carbocycles. The third-order valence-electron chi connectivity index (χ3n) is 3.26. The summed E-state index contributed by atoms with van der Waals surface area (Å²) in [6, 6.07) is 1.12. The van der Waals surface area contributed by atoms with Crippen molar-refractivity contribution in [2.24, 2.45) is 0 Å². The molecule has 1 aromatic carbocycles. The number of benzene rings is 1. The van der Waals surface area contributed by atoms with E-state index in [1.54, 1.807) is 20.8 Å². The van der Waals surface area contributed by atoms with E-state index in [1.165, 1.54) is 4.90 Å². The Balaban J connectivity index is 2.16. The maximum atomic E-state index is 13.5. The molecule has 1 aromatic rings. The van der Waals surface area contributed by atoms with Crippen molar-refractivity contribution in [2.45, 2.75) is 32.4 Å². The number of carbonyl (C=O) groups excluding carboxylic acids is 1. The molecule has 2 rings (SSSR count). The first-order valence-corrected chi connectivity index (χ1v) is 7.06. The van der Waals surface area contributed by atoms with E-state index in [0.717, 1.165) is 6.07 Å². The van der Waals surface area contributed by atoms with Gasteiger partial charge in [0, 0.05) is 31.3 Å². The normalized spacial score (nSPS) is 19.1. The second-order valence-corrected chi connectivity index (χ2v) is 6.26. The summed E-state index contributed by atoms with van der Waals surface area (Å²) in [5, 5.41) is 12.8. The highest BCUT2D eigenvalue weighted by atomic mass is 19.1. The average Bonchev–Trinajstić information content (AvgIpc) is 2.41. The molecule has 2 N–H and O–H groups in total. The van der Waals surface area contributed by atoms with Crippen LogP contribution in [0.5, 0.6) is 5.75 Å². The predicted octanol–water partition coefficient (Wildman–Crippen LogP) is 2.55. The van der Waals surface area contributed by atoms with Crippen LogP contribution >= 0.6 is 0 Å². The fourth-order valence-corrected chi connectivity index (χ4v) is 2.30. The summed E-state index contributed by atoms with van der Waals surface area (Å²) in [5.41, 5.74) is -0.532. The van der Waals surface area contributed by atoms with Gasteiger partial charge < -0.3 is 20.1 Å². The Kier molecular flexibility index (Phi) is 4.55. The van der Waals surface area contributed by atoms with Gasteiger partial charge in [-0.05, 0) is 26.8 Å². The summed E-state index contributed by atoms with van der Waals surface area (Å²) in [6.45, 7) is 6.30. The first kappa shape index (κ1) is 16.5. The lowest BCUT2D eigenvalue weighted by Gasteiger charge is -2.35. The number of carbonyl (C=O) groups is 1. The van der Waals surface area contributed by atoms with Gasteiger partial charge in [0.1, 0.15) is 11.4 Å². The highest BCUT2D eigenvalue weighted by Crippen LogP contribution is 2.30. The van der Waals surface area contributed by atoms with Gasteiger partial charge in [0.25, 0.3) is 0 Å². The van der Waals surface area contributed by atoms with Crippen molar-refractivity contribution in [2.75, 3.05) is 19.6 Å². The van der Waals surface area contributed by atoms with Crippen molar-refractivity contribution in [3.63, 3.8) is 0 Å². The zero-order valence-corrected chi connectivity index (χ0v) is 12.8. The summed E-state index contributed by atoms with van der Waals surface area (Å²) in [5.74, 6) is -2.40. The van der Waals surface area contributed by atoms with Gasteiger partial charge in [0.15, 0.2) is 11.6 Å². The van der Waals surface area contributed by atoms with Gasteiger partial charge in [-0.25, -0.2) is 13.6 Å². The van der Waals surface area contributed by atoms with E-state index in [2.05, 4.69) is 5.32 Å². The van der Waals surface area contributed by atoms with E-state index in [4.69, 9.17) is 4.74 Å². The number of ether oxygens (including phenoxy) is 1. The maximum absolute atomic E-state index is 13.5. The summed E-state index contributed by atoms with van der Waals surface area (Å²) in [4.78, 5) is 13.5. The minimum Gasteiger partial charge on any atom is -0.505 e. The zero-order chi connectivity index (χ0) is 16.5.